The largest absolute Gasteiger partial charge is 0.494 e. The van der Waals surface area contributed by atoms with Gasteiger partial charge in [0.25, 0.3) is 0 Å². The third-order valence-electron chi connectivity index (χ3n) is 7.13. The summed E-state index contributed by atoms with van der Waals surface area (Å²) >= 11 is 0. The molecule has 31 heavy (non-hydrogen) atoms. The van der Waals surface area contributed by atoms with Gasteiger partial charge in [-0.15, -0.1) is 0 Å². The van der Waals surface area contributed by atoms with E-state index < -0.39 is 18.3 Å². The Labute approximate surface area is 180 Å². The van der Waals surface area contributed by atoms with Gasteiger partial charge in [-0.2, -0.15) is 4.79 Å². The lowest BCUT2D eigenvalue weighted by atomic mass is 9.78. The van der Waals surface area contributed by atoms with Crippen LogP contribution in [0.15, 0.2) is 66.7 Å². The van der Waals surface area contributed by atoms with Gasteiger partial charge in [0.15, 0.2) is 0 Å². The van der Waals surface area contributed by atoms with E-state index >= 15 is 4.48 Å². The third-order valence-corrected chi connectivity index (χ3v) is 7.13. The van der Waals surface area contributed by atoms with Gasteiger partial charge in [-0.1, -0.05) is 65.1 Å². The van der Waals surface area contributed by atoms with Gasteiger partial charge >= 0.3 is 7.12 Å². The second-order valence-electron chi connectivity index (χ2n) is 9.46. The van der Waals surface area contributed by atoms with Crippen LogP contribution in [-0.2, 0) is 9.31 Å². The van der Waals surface area contributed by atoms with Crippen molar-refractivity contribution in [2.75, 3.05) is 0 Å². The van der Waals surface area contributed by atoms with Gasteiger partial charge in [-0.3, -0.25) is 0 Å². The summed E-state index contributed by atoms with van der Waals surface area (Å²) in [5, 5.41) is 5.92. The van der Waals surface area contributed by atoms with E-state index in [1.807, 2.05) is 76.2 Å². The van der Waals surface area contributed by atoms with Crippen molar-refractivity contribution in [3.8, 4) is 0 Å². The summed E-state index contributed by atoms with van der Waals surface area (Å²) in [6.45, 7) is 8.16. The molecule has 6 rings (SSSR count). The molecule has 0 unspecified atom stereocenters. The van der Waals surface area contributed by atoms with Crippen LogP contribution in [0, 0.1) is 0 Å². The summed E-state index contributed by atoms with van der Waals surface area (Å²) < 4.78 is 28.2. The summed E-state index contributed by atoms with van der Waals surface area (Å²) in [7, 11) is -0.487. The lowest BCUT2D eigenvalue weighted by molar-refractivity contribution is 0.00578. The van der Waals surface area contributed by atoms with Gasteiger partial charge in [-0.25, -0.2) is 0 Å². The average molecular weight is 411 g/mol. The number of hydrogen-bond donors (Lipinski definition) is 0. The lowest BCUT2D eigenvalue weighted by Crippen LogP contribution is -2.41. The Morgan fingerprint density at radius 2 is 1.26 bits per heavy atom. The molecule has 1 fully saturated rings. The molecule has 0 N–H and O–H groups in total. The van der Waals surface area contributed by atoms with Crippen molar-refractivity contribution in [1.82, 2.24) is 4.79 Å². The molecule has 2 heterocycles. The van der Waals surface area contributed by atoms with Crippen LogP contribution in [0.2, 0.25) is 0 Å². The first-order valence-corrected chi connectivity index (χ1v) is 10.7. The average Bonchev–Trinajstić information content (AvgIpc) is 3.17. The highest BCUT2D eigenvalue weighted by molar-refractivity contribution is 6.62. The Morgan fingerprint density at radius 3 is 1.90 bits per heavy atom. The van der Waals surface area contributed by atoms with Gasteiger partial charge in [0, 0.05) is 16.2 Å². The number of halogens is 1. The summed E-state index contributed by atoms with van der Waals surface area (Å²) in [4.78, 5) is 0.827. The molecule has 1 aliphatic rings. The minimum atomic E-state index is -0.487. The van der Waals surface area contributed by atoms with Crippen LogP contribution in [0.4, 0.5) is 4.48 Å². The fourth-order valence-corrected chi connectivity index (χ4v) is 4.77. The maximum atomic E-state index is 15.7. The molecule has 0 spiro atoms. The SMILES string of the molecule is CC1(C)OB(c2ccc3c(c2)c2c4ccccc4c4ccccc4c2n3F)OC1(C)C. The van der Waals surface area contributed by atoms with Crippen molar-refractivity contribution >= 4 is 55.9 Å². The molecule has 0 radical (unpaired) electrons. The number of hydrogen-bond acceptors (Lipinski definition) is 2. The lowest BCUT2D eigenvalue weighted by Gasteiger charge is -2.32. The fraction of sp³-hybridized carbons (Fsp3) is 0.231. The van der Waals surface area contributed by atoms with E-state index in [-0.39, 0.29) is 0 Å². The smallest absolute Gasteiger partial charge is 0.399 e. The van der Waals surface area contributed by atoms with Crippen LogP contribution < -0.4 is 5.46 Å². The molecule has 1 aromatic heterocycles. The molecule has 0 aliphatic carbocycles. The quantitative estimate of drug-likeness (QED) is 0.245. The van der Waals surface area contributed by atoms with Crippen molar-refractivity contribution in [2.24, 2.45) is 0 Å². The minimum absolute atomic E-state index is 0.427. The highest BCUT2D eigenvalue weighted by Gasteiger charge is 2.51. The van der Waals surface area contributed by atoms with Gasteiger partial charge < -0.3 is 9.31 Å². The number of rotatable bonds is 1. The van der Waals surface area contributed by atoms with Crippen LogP contribution >= 0.6 is 0 Å². The molecule has 1 saturated heterocycles. The first-order chi connectivity index (χ1) is 14.8. The predicted octanol–water partition coefficient (Wildman–Crippen LogP) is 6.13. The molecule has 1 aliphatic heterocycles. The van der Waals surface area contributed by atoms with Crippen molar-refractivity contribution in [3.05, 3.63) is 66.7 Å². The predicted molar refractivity (Wildman–Crippen MR) is 127 cm³/mol. The van der Waals surface area contributed by atoms with Crippen LogP contribution in [0.1, 0.15) is 27.7 Å². The van der Waals surface area contributed by atoms with E-state index in [4.69, 9.17) is 9.31 Å². The second kappa shape index (κ2) is 6.09. The zero-order chi connectivity index (χ0) is 21.5. The number of benzene rings is 4. The molecule has 4 aromatic carbocycles. The molecule has 3 nitrogen and oxygen atoms in total. The van der Waals surface area contributed by atoms with Crippen molar-refractivity contribution in [1.29, 1.82) is 0 Å². The molecule has 0 atom stereocenters. The Balaban J connectivity index is 1.70. The molecule has 0 amide bonds. The standard InChI is InChI=1S/C26H23BFNO2/c1-25(2)26(3,4)31-27(30-25)16-13-14-22-21(15-16)23-19-11-7-5-9-17(19)18-10-6-8-12-20(18)24(23)29(22)28/h5-15H,1-4H3. The molecule has 154 valence electrons. The van der Waals surface area contributed by atoms with Gasteiger partial charge in [0.05, 0.1) is 22.2 Å². The first-order valence-electron chi connectivity index (χ1n) is 10.7. The van der Waals surface area contributed by atoms with E-state index in [1.165, 1.54) is 0 Å². The monoisotopic (exact) mass is 411 g/mol. The maximum absolute atomic E-state index is 15.7. The molecular weight excluding hydrogens is 388 g/mol. The zero-order valence-electron chi connectivity index (χ0n) is 18.1. The Morgan fingerprint density at radius 1 is 0.710 bits per heavy atom. The van der Waals surface area contributed by atoms with Crippen LogP contribution in [0.3, 0.4) is 0 Å². The number of aromatic nitrogens is 1. The van der Waals surface area contributed by atoms with Crippen LogP contribution in [0.25, 0.3) is 43.4 Å². The van der Waals surface area contributed by atoms with Gasteiger partial charge in [0.1, 0.15) is 0 Å². The van der Waals surface area contributed by atoms with E-state index in [2.05, 4.69) is 18.2 Å². The van der Waals surface area contributed by atoms with Crippen LogP contribution in [-0.4, -0.2) is 23.1 Å². The summed E-state index contributed by atoms with van der Waals surface area (Å²) in [5.41, 5.74) is 1.20. The second-order valence-corrected chi connectivity index (χ2v) is 9.46. The van der Waals surface area contributed by atoms with E-state index in [0.29, 0.717) is 11.0 Å². The Hall–Kier alpha value is -2.89. The van der Waals surface area contributed by atoms with Crippen molar-refractivity contribution in [3.63, 3.8) is 0 Å². The van der Waals surface area contributed by atoms with Crippen molar-refractivity contribution in [2.45, 2.75) is 38.9 Å². The number of nitrogens with zero attached hydrogens (tertiary/aromatic N) is 1. The fourth-order valence-electron chi connectivity index (χ4n) is 4.77. The van der Waals surface area contributed by atoms with E-state index in [0.717, 1.165) is 42.6 Å². The molecule has 5 heteroatoms. The zero-order valence-corrected chi connectivity index (χ0v) is 18.1. The summed E-state index contributed by atoms with van der Waals surface area (Å²) in [5.74, 6) is 0. The normalized spacial score (nSPS) is 18.0. The minimum Gasteiger partial charge on any atom is -0.399 e. The van der Waals surface area contributed by atoms with Crippen molar-refractivity contribution < 1.29 is 13.8 Å². The topological polar surface area (TPSA) is 23.4 Å². The van der Waals surface area contributed by atoms with E-state index in [9.17, 15) is 0 Å². The highest BCUT2D eigenvalue weighted by Crippen LogP contribution is 2.41. The Bertz CT molecular complexity index is 1500. The van der Waals surface area contributed by atoms with E-state index in [1.54, 1.807) is 0 Å². The molecular formula is C26H23BFNO2. The molecule has 0 bridgehead atoms. The van der Waals surface area contributed by atoms with Gasteiger partial charge in [-0.05, 0) is 55.4 Å². The third kappa shape index (κ3) is 2.48. The summed E-state index contributed by atoms with van der Waals surface area (Å²) in [6, 6.07) is 22.0. The summed E-state index contributed by atoms with van der Waals surface area (Å²) in [6.07, 6.45) is 0. The molecule has 5 aromatic rings. The maximum Gasteiger partial charge on any atom is 0.494 e. The van der Waals surface area contributed by atoms with Crippen LogP contribution in [0.5, 0.6) is 0 Å². The number of fused-ring (bicyclic) bond motifs is 8. The van der Waals surface area contributed by atoms with Gasteiger partial charge in [0.2, 0.25) is 0 Å². The Kier molecular flexibility index (Phi) is 3.70. The first kappa shape index (κ1) is 18.8. The highest BCUT2D eigenvalue weighted by atomic mass is 19.2. The molecule has 0 saturated carbocycles.